The zero-order chi connectivity index (χ0) is 21.6. The van der Waals surface area contributed by atoms with E-state index in [1.807, 2.05) is 0 Å². The molecule has 0 amide bonds. The van der Waals surface area contributed by atoms with Gasteiger partial charge in [-0.25, -0.2) is 0 Å². The van der Waals surface area contributed by atoms with Crippen LogP contribution in [0.1, 0.15) is 50.7 Å². The molecule has 4 nitrogen and oxygen atoms in total. The normalized spacial score (nSPS) is 24.4. The second-order valence-electron chi connectivity index (χ2n) is 8.49. The van der Waals surface area contributed by atoms with Crippen LogP contribution in [0.3, 0.4) is 0 Å². The van der Waals surface area contributed by atoms with Gasteiger partial charge in [0.2, 0.25) is 0 Å². The van der Waals surface area contributed by atoms with Crippen molar-refractivity contribution in [3.05, 3.63) is 95.8 Å². The Labute approximate surface area is 181 Å². The molecule has 1 heterocycles. The van der Waals surface area contributed by atoms with Gasteiger partial charge in [0.15, 0.2) is 0 Å². The highest BCUT2D eigenvalue weighted by Crippen LogP contribution is 2.29. The molecule has 1 aliphatic heterocycles. The second-order valence-corrected chi connectivity index (χ2v) is 8.49. The van der Waals surface area contributed by atoms with Crippen molar-refractivity contribution in [2.24, 2.45) is 0 Å². The fourth-order valence-corrected chi connectivity index (χ4v) is 3.61. The number of fused-ring (bicyclic) bond motifs is 3. The highest BCUT2D eigenvalue weighted by atomic mass is 16.5. The van der Waals surface area contributed by atoms with Crippen LogP contribution in [0.2, 0.25) is 0 Å². The third kappa shape index (κ3) is 5.18. The molecule has 1 aromatic carbocycles. The summed E-state index contributed by atoms with van der Waals surface area (Å²) in [5.74, 6) is 1.85. The van der Waals surface area contributed by atoms with Gasteiger partial charge in [-0.3, -0.25) is 0 Å². The average molecular weight is 407 g/mol. The summed E-state index contributed by atoms with van der Waals surface area (Å²) < 4.78 is 12.4. The van der Waals surface area contributed by atoms with Gasteiger partial charge in [0.05, 0.1) is 31.3 Å². The van der Waals surface area contributed by atoms with Crippen molar-refractivity contribution in [1.29, 1.82) is 0 Å². The Kier molecular flexibility index (Phi) is 7.09. The van der Waals surface area contributed by atoms with Crippen LogP contribution in [0.5, 0.6) is 0 Å². The molecule has 30 heavy (non-hydrogen) atoms. The minimum atomic E-state index is -0.114. The molecular weight excluding hydrogens is 372 g/mol. The van der Waals surface area contributed by atoms with Gasteiger partial charge in [0.25, 0.3) is 0 Å². The summed E-state index contributed by atoms with van der Waals surface area (Å²) in [4.78, 5) is 0. The summed E-state index contributed by atoms with van der Waals surface area (Å²) >= 11 is 0. The number of benzene rings is 1. The largest absolute Gasteiger partial charge is 0.491 e. The molecule has 0 radical (unpaired) electrons. The number of ether oxygens (including phenoxy) is 2. The standard InChI is InChI=1S/C26H34N2O2/c1-6-22-24(7-2)29-16-19(3)20-11-10-12-21(15-20)26(4,5)17-30-25-14-9-8-13-23(25)28-18-27-22/h6-7,10-15,19,27-28H,1-2,8-9,16-18H2,3-5H3/b24-22-. The van der Waals surface area contributed by atoms with Gasteiger partial charge >= 0.3 is 0 Å². The quantitative estimate of drug-likeness (QED) is 0.690. The predicted octanol–water partition coefficient (Wildman–Crippen LogP) is 5.40. The van der Waals surface area contributed by atoms with Crippen LogP contribution >= 0.6 is 0 Å². The van der Waals surface area contributed by atoms with Gasteiger partial charge in [-0.2, -0.15) is 0 Å². The lowest BCUT2D eigenvalue weighted by Gasteiger charge is -2.29. The molecule has 0 saturated heterocycles. The Morgan fingerprint density at radius 2 is 1.87 bits per heavy atom. The lowest BCUT2D eigenvalue weighted by Crippen LogP contribution is -2.31. The molecular formula is C26H34N2O2. The smallest absolute Gasteiger partial charge is 0.141 e. The van der Waals surface area contributed by atoms with Crippen LogP contribution in [-0.2, 0) is 14.9 Å². The predicted molar refractivity (Wildman–Crippen MR) is 124 cm³/mol. The van der Waals surface area contributed by atoms with E-state index in [1.54, 1.807) is 12.2 Å². The Bertz CT molecular complexity index is 877. The molecule has 2 aliphatic rings. The van der Waals surface area contributed by atoms with Crippen molar-refractivity contribution >= 4 is 0 Å². The van der Waals surface area contributed by atoms with Crippen LogP contribution in [0.15, 0.2) is 84.6 Å². The number of allylic oxidation sites excluding steroid dienone is 4. The molecule has 2 N–H and O–H groups in total. The maximum Gasteiger partial charge on any atom is 0.141 e. The summed E-state index contributed by atoms with van der Waals surface area (Å²) in [6.07, 6.45) is 9.85. The summed E-state index contributed by atoms with van der Waals surface area (Å²) in [7, 11) is 0. The zero-order valence-electron chi connectivity index (χ0n) is 18.5. The molecule has 2 bridgehead atoms. The Morgan fingerprint density at radius 3 is 2.63 bits per heavy atom. The average Bonchev–Trinajstić information content (AvgIpc) is 2.76. The number of nitrogens with one attached hydrogen (secondary N) is 2. The van der Waals surface area contributed by atoms with E-state index in [9.17, 15) is 0 Å². The van der Waals surface area contributed by atoms with Gasteiger partial charge in [-0.05, 0) is 42.2 Å². The summed E-state index contributed by atoms with van der Waals surface area (Å²) in [6, 6.07) is 8.75. The molecule has 3 rings (SSSR count). The molecule has 0 fully saturated rings. The first-order valence-corrected chi connectivity index (χ1v) is 10.7. The fourth-order valence-electron chi connectivity index (χ4n) is 3.61. The van der Waals surface area contributed by atoms with E-state index >= 15 is 0 Å². The van der Waals surface area contributed by atoms with Crippen molar-refractivity contribution in [1.82, 2.24) is 10.6 Å². The first kappa shape index (κ1) is 21.8. The Balaban J connectivity index is 1.95. The molecule has 1 aromatic rings. The van der Waals surface area contributed by atoms with E-state index in [2.05, 4.69) is 81.0 Å². The molecule has 160 valence electrons. The van der Waals surface area contributed by atoms with E-state index in [1.165, 1.54) is 11.1 Å². The maximum atomic E-state index is 6.31. The highest BCUT2D eigenvalue weighted by Gasteiger charge is 2.24. The highest BCUT2D eigenvalue weighted by molar-refractivity contribution is 5.33. The number of hydrogen-bond acceptors (Lipinski definition) is 4. The van der Waals surface area contributed by atoms with Crippen LogP contribution in [0.4, 0.5) is 0 Å². The van der Waals surface area contributed by atoms with Crippen molar-refractivity contribution in [3.8, 4) is 0 Å². The van der Waals surface area contributed by atoms with Crippen LogP contribution < -0.4 is 10.6 Å². The maximum absolute atomic E-state index is 6.31. The van der Waals surface area contributed by atoms with Gasteiger partial charge in [0.1, 0.15) is 11.5 Å². The van der Waals surface area contributed by atoms with Gasteiger partial charge in [-0.15, -0.1) is 0 Å². The first-order valence-electron chi connectivity index (χ1n) is 10.7. The molecule has 1 unspecified atom stereocenters. The number of hydrogen-bond donors (Lipinski definition) is 2. The third-order valence-electron chi connectivity index (χ3n) is 5.64. The lowest BCUT2D eigenvalue weighted by atomic mass is 9.83. The minimum absolute atomic E-state index is 0.114. The SMILES string of the molecule is C=C/C1=C(\C=C)OCC(C)c2cccc(c2)C(C)(C)COC2=CCCC=C2NCN1. The summed E-state index contributed by atoms with van der Waals surface area (Å²) in [5.41, 5.74) is 4.24. The monoisotopic (exact) mass is 406 g/mol. The van der Waals surface area contributed by atoms with Crippen LogP contribution in [0, 0.1) is 0 Å². The van der Waals surface area contributed by atoms with Crippen molar-refractivity contribution < 1.29 is 9.47 Å². The molecule has 4 heteroatoms. The molecule has 0 spiro atoms. The Hall–Kier alpha value is -2.88. The molecule has 1 atom stereocenters. The van der Waals surface area contributed by atoms with Crippen molar-refractivity contribution in [2.45, 2.75) is 44.9 Å². The zero-order valence-corrected chi connectivity index (χ0v) is 18.5. The van der Waals surface area contributed by atoms with Gasteiger partial charge < -0.3 is 20.1 Å². The number of rotatable bonds is 2. The van der Waals surface area contributed by atoms with E-state index in [0.29, 0.717) is 25.6 Å². The molecule has 1 aliphatic carbocycles. The van der Waals surface area contributed by atoms with Crippen LogP contribution in [0.25, 0.3) is 0 Å². The van der Waals surface area contributed by atoms with Crippen molar-refractivity contribution in [2.75, 3.05) is 19.9 Å². The summed E-state index contributed by atoms with van der Waals surface area (Å²) in [5, 5.41) is 6.79. The lowest BCUT2D eigenvalue weighted by molar-refractivity contribution is 0.160. The summed E-state index contributed by atoms with van der Waals surface area (Å²) in [6.45, 7) is 16.2. The fraction of sp³-hybridized carbons (Fsp3) is 0.385. The Morgan fingerprint density at radius 1 is 1.07 bits per heavy atom. The van der Waals surface area contributed by atoms with Crippen molar-refractivity contribution in [3.63, 3.8) is 0 Å². The van der Waals surface area contributed by atoms with E-state index in [0.717, 1.165) is 30.0 Å². The van der Waals surface area contributed by atoms with E-state index in [4.69, 9.17) is 9.47 Å². The third-order valence-corrected chi connectivity index (χ3v) is 5.64. The van der Waals surface area contributed by atoms with E-state index in [-0.39, 0.29) is 11.3 Å². The minimum Gasteiger partial charge on any atom is -0.491 e. The second kappa shape index (κ2) is 9.75. The van der Waals surface area contributed by atoms with E-state index < -0.39 is 0 Å². The van der Waals surface area contributed by atoms with Gasteiger partial charge in [0, 0.05) is 11.3 Å². The molecule has 0 saturated carbocycles. The molecule has 0 aromatic heterocycles. The van der Waals surface area contributed by atoms with Gasteiger partial charge in [-0.1, -0.05) is 64.3 Å². The first-order chi connectivity index (χ1) is 14.4. The van der Waals surface area contributed by atoms with Crippen LogP contribution in [-0.4, -0.2) is 19.9 Å². The topological polar surface area (TPSA) is 42.5 Å².